The highest BCUT2D eigenvalue weighted by Gasteiger charge is 2.10. The molecule has 0 radical (unpaired) electrons. The lowest BCUT2D eigenvalue weighted by atomic mass is 10.1. The summed E-state index contributed by atoms with van der Waals surface area (Å²) in [5, 5.41) is 3.67. The van der Waals surface area contributed by atoms with Crippen molar-refractivity contribution in [3.8, 4) is 0 Å². The molecule has 178 valence electrons. The standard InChI is InChI=1S/C28H29N5OS/c1-3-24-17-26(33(2)19-21-9-5-4-6-10-21)32-28(31-24)35-20-22-12-14-23(15-13-22)27(34)30-18-25-11-7-8-16-29-25/h4-17H,3,18-20H2,1-2H3,(H,30,34). The number of aromatic nitrogens is 3. The van der Waals surface area contributed by atoms with Crippen LogP contribution in [0.25, 0.3) is 0 Å². The van der Waals surface area contributed by atoms with E-state index in [0.717, 1.165) is 46.6 Å². The number of nitrogens with one attached hydrogen (secondary N) is 1. The third kappa shape index (κ3) is 7.13. The Morgan fingerprint density at radius 1 is 0.914 bits per heavy atom. The van der Waals surface area contributed by atoms with Crippen molar-refractivity contribution in [3.05, 3.63) is 113 Å². The first-order chi connectivity index (χ1) is 17.1. The number of pyridine rings is 1. The predicted molar refractivity (Wildman–Crippen MR) is 141 cm³/mol. The first-order valence-corrected chi connectivity index (χ1v) is 12.6. The van der Waals surface area contributed by atoms with Crippen molar-refractivity contribution in [3.63, 3.8) is 0 Å². The van der Waals surface area contributed by atoms with Crippen LogP contribution < -0.4 is 10.2 Å². The van der Waals surface area contributed by atoms with Crippen LogP contribution in [0, 0.1) is 0 Å². The van der Waals surface area contributed by atoms with E-state index in [2.05, 4.69) is 59.5 Å². The van der Waals surface area contributed by atoms with E-state index in [0.29, 0.717) is 12.1 Å². The molecule has 0 aliphatic heterocycles. The first-order valence-electron chi connectivity index (χ1n) is 11.6. The molecule has 0 saturated carbocycles. The van der Waals surface area contributed by atoms with Crippen LogP contribution in [0.2, 0.25) is 0 Å². The molecular weight excluding hydrogens is 454 g/mol. The Hall–Kier alpha value is -3.71. The molecule has 0 spiro atoms. The van der Waals surface area contributed by atoms with Gasteiger partial charge in [-0.3, -0.25) is 9.78 Å². The number of anilines is 1. The number of hydrogen-bond acceptors (Lipinski definition) is 6. The molecule has 2 aromatic heterocycles. The lowest BCUT2D eigenvalue weighted by Gasteiger charge is -2.19. The van der Waals surface area contributed by atoms with E-state index in [4.69, 9.17) is 9.97 Å². The Bertz CT molecular complexity index is 1230. The predicted octanol–water partition coefficient (Wildman–Crippen LogP) is 5.29. The maximum absolute atomic E-state index is 12.4. The molecule has 35 heavy (non-hydrogen) atoms. The summed E-state index contributed by atoms with van der Waals surface area (Å²) in [6.07, 6.45) is 2.57. The smallest absolute Gasteiger partial charge is 0.251 e. The van der Waals surface area contributed by atoms with Crippen molar-refractivity contribution >= 4 is 23.5 Å². The topological polar surface area (TPSA) is 71.0 Å². The van der Waals surface area contributed by atoms with Crippen molar-refractivity contribution < 1.29 is 4.79 Å². The van der Waals surface area contributed by atoms with Gasteiger partial charge in [-0.05, 0) is 41.8 Å². The second kappa shape index (κ2) is 12.1. The summed E-state index contributed by atoms with van der Waals surface area (Å²) < 4.78 is 0. The third-order valence-electron chi connectivity index (χ3n) is 5.50. The van der Waals surface area contributed by atoms with Crippen LogP contribution in [-0.2, 0) is 25.3 Å². The van der Waals surface area contributed by atoms with Gasteiger partial charge in [0.05, 0.1) is 12.2 Å². The minimum Gasteiger partial charge on any atom is -0.355 e. The monoisotopic (exact) mass is 483 g/mol. The van der Waals surface area contributed by atoms with Gasteiger partial charge < -0.3 is 10.2 Å². The maximum Gasteiger partial charge on any atom is 0.251 e. The van der Waals surface area contributed by atoms with Gasteiger partial charge in [0.15, 0.2) is 5.16 Å². The van der Waals surface area contributed by atoms with E-state index >= 15 is 0 Å². The van der Waals surface area contributed by atoms with Gasteiger partial charge in [-0.1, -0.05) is 67.2 Å². The first kappa shape index (κ1) is 24.4. The quantitative estimate of drug-likeness (QED) is 0.244. The van der Waals surface area contributed by atoms with Gasteiger partial charge in [0.2, 0.25) is 0 Å². The molecule has 2 aromatic carbocycles. The molecule has 4 rings (SSSR count). The highest BCUT2D eigenvalue weighted by molar-refractivity contribution is 7.98. The summed E-state index contributed by atoms with van der Waals surface area (Å²) >= 11 is 1.61. The summed E-state index contributed by atoms with van der Waals surface area (Å²) in [4.78, 5) is 28.3. The van der Waals surface area contributed by atoms with E-state index < -0.39 is 0 Å². The number of hydrogen-bond donors (Lipinski definition) is 1. The van der Waals surface area contributed by atoms with Crippen molar-refractivity contribution in [1.29, 1.82) is 0 Å². The lowest BCUT2D eigenvalue weighted by Crippen LogP contribution is -2.23. The number of aryl methyl sites for hydroxylation is 1. The van der Waals surface area contributed by atoms with E-state index in [1.165, 1.54) is 5.56 Å². The molecule has 7 heteroatoms. The largest absolute Gasteiger partial charge is 0.355 e. The minimum atomic E-state index is -0.111. The van der Waals surface area contributed by atoms with Crippen LogP contribution in [0.3, 0.4) is 0 Å². The summed E-state index contributed by atoms with van der Waals surface area (Å²) in [6, 6.07) is 25.8. The average molecular weight is 484 g/mol. The Morgan fingerprint density at radius 3 is 2.40 bits per heavy atom. The van der Waals surface area contributed by atoms with Gasteiger partial charge in [0.25, 0.3) is 5.91 Å². The number of carbonyl (C=O) groups excluding carboxylic acids is 1. The normalized spacial score (nSPS) is 10.7. The lowest BCUT2D eigenvalue weighted by molar-refractivity contribution is 0.0950. The Morgan fingerprint density at radius 2 is 1.69 bits per heavy atom. The van der Waals surface area contributed by atoms with Crippen LogP contribution in [-0.4, -0.2) is 27.9 Å². The van der Waals surface area contributed by atoms with Crippen LogP contribution in [0.1, 0.15) is 39.8 Å². The van der Waals surface area contributed by atoms with Crippen LogP contribution in [0.4, 0.5) is 5.82 Å². The molecule has 0 aliphatic carbocycles. The molecule has 0 saturated heterocycles. The van der Waals surface area contributed by atoms with Gasteiger partial charge in [-0.25, -0.2) is 9.97 Å². The second-order valence-electron chi connectivity index (χ2n) is 8.18. The number of carbonyl (C=O) groups is 1. The van der Waals surface area contributed by atoms with Crippen LogP contribution in [0.15, 0.2) is 90.2 Å². The third-order valence-corrected chi connectivity index (χ3v) is 6.42. The fourth-order valence-electron chi connectivity index (χ4n) is 3.51. The molecule has 6 nitrogen and oxygen atoms in total. The zero-order chi connectivity index (χ0) is 24.5. The fourth-order valence-corrected chi connectivity index (χ4v) is 4.34. The summed E-state index contributed by atoms with van der Waals surface area (Å²) in [6.45, 7) is 3.30. The molecule has 4 aromatic rings. The van der Waals surface area contributed by atoms with Gasteiger partial charge >= 0.3 is 0 Å². The van der Waals surface area contributed by atoms with Gasteiger partial charge in [0, 0.05) is 42.9 Å². The molecule has 1 amide bonds. The molecule has 0 unspecified atom stereocenters. The van der Waals surface area contributed by atoms with Crippen molar-refractivity contribution in [1.82, 2.24) is 20.3 Å². The van der Waals surface area contributed by atoms with Crippen molar-refractivity contribution in [2.45, 2.75) is 37.3 Å². The summed E-state index contributed by atoms with van der Waals surface area (Å²) in [7, 11) is 2.06. The zero-order valence-corrected chi connectivity index (χ0v) is 20.8. The van der Waals surface area contributed by atoms with Crippen molar-refractivity contribution in [2.75, 3.05) is 11.9 Å². The maximum atomic E-state index is 12.4. The van der Waals surface area contributed by atoms with E-state index in [9.17, 15) is 4.79 Å². The van der Waals surface area contributed by atoms with Gasteiger partial charge in [-0.15, -0.1) is 0 Å². The highest BCUT2D eigenvalue weighted by Crippen LogP contribution is 2.24. The minimum absolute atomic E-state index is 0.111. The summed E-state index contributed by atoms with van der Waals surface area (Å²) in [5.41, 5.74) is 4.84. The Labute approximate surface area is 210 Å². The number of thioether (sulfide) groups is 1. The van der Waals surface area contributed by atoms with Gasteiger partial charge in [0.1, 0.15) is 5.82 Å². The molecule has 1 N–H and O–H groups in total. The highest BCUT2D eigenvalue weighted by atomic mass is 32.2. The SMILES string of the molecule is CCc1cc(N(C)Cc2ccccc2)nc(SCc2ccc(C(=O)NCc3ccccn3)cc2)n1. The number of rotatable bonds is 10. The van der Waals surface area contributed by atoms with E-state index in [-0.39, 0.29) is 5.91 Å². The Balaban J connectivity index is 1.36. The summed E-state index contributed by atoms with van der Waals surface area (Å²) in [5.74, 6) is 1.54. The van der Waals surface area contributed by atoms with Crippen LogP contribution in [0.5, 0.6) is 0 Å². The molecular formula is C28H29N5OS. The number of amides is 1. The van der Waals surface area contributed by atoms with E-state index in [1.54, 1.807) is 18.0 Å². The molecule has 0 atom stereocenters. The molecule has 0 fully saturated rings. The average Bonchev–Trinajstić information content (AvgIpc) is 2.91. The van der Waals surface area contributed by atoms with E-state index in [1.807, 2.05) is 48.5 Å². The van der Waals surface area contributed by atoms with Gasteiger partial charge in [-0.2, -0.15) is 0 Å². The Kier molecular flexibility index (Phi) is 8.46. The fraction of sp³-hybridized carbons (Fsp3) is 0.214. The van der Waals surface area contributed by atoms with Crippen molar-refractivity contribution in [2.24, 2.45) is 0 Å². The molecule has 0 aliphatic rings. The second-order valence-corrected chi connectivity index (χ2v) is 9.13. The number of nitrogens with zero attached hydrogens (tertiary/aromatic N) is 4. The molecule has 2 heterocycles. The number of benzene rings is 2. The van der Waals surface area contributed by atoms with Crippen LogP contribution >= 0.6 is 11.8 Å². The zero-order valence-electron chi connectivity index (χ0n) is 20.0. The molecule has 0 bridgehead atoms.